The van der Waals surface area contributed by atoms with Gasteiger partial charge in [0.15, 0.2) is 5.82 Å². The molecule has 2 heterocycles. The Morgan fingerprint density at radius 2 is 2.25 bits per heavy atom. The smallest absolute Gasteiger partial charge is 0.152 e. The van der Waals surface area contributed by atoms with Crippen molar-refractivity contribution in [1.82, 2.24) is 4.98 Å². The van der Waals surface area contributed by atoms with Crippen LogP contribution >= 0.6 is 0 Å². The topological polar surface area (TPSA) is 55.3 Å². The van der Waals surface area contributed by atoms with Gasteiger partial charge in [0.25, 0.3) is 0 Å². The van der Waals surface area contributed by atoms with E-state index in [1.165, 1.54) is 0 Å². The lowest BCUT2D eigenvalue weighted by Gasteiger charge is -2.19. The van der Waals surface area contributed by atoms with Gasteiger partial charge in [-0.2, -0.15) is 0 Å². The highest BCUT2D eigenvalue weighted by atomic mass is 16.3. The van der Waals surface area contributed by atoms with Crippen molar-refractivity contribution in [3.05, 3.63) is 42.0 Å². The lowest BCUT2D eigenvalue weighted by molar-refractivity contribution is 0.563. The largest absolute Gasteiger partial charge is 0.472 e. The van der Waals surface area contributed by atoms with Crippen LogP contribution in [0.15, 0.2) is 35.3 Å². The molecule has 2 N–H and O–H groups in total. The molecule has 4 nitrogen and oxygen atoms in total. The Bertz CT molecular complexity index is 465. The first-order chi connectivity index (χ1) is 7.68. The molecule has 0 atom stereocenters. The number of hydrogen-bond donors (Lipinski definition) is 1. The van der Waals surface area contributed by atoms with Crippen LogP contribution in [0.4, 0.5) is 11.5 Å². The molecule has 0 saturated heterocycles. The van der Waals surface area contributed by atoms with E-state index in [1.54, 1.807) is 18.7 Å². The van der Waals surface area contributed by atoms with E-state index < -0.39 is 0 Å². The Morgan fingerprint density at radius 1 is 1.44 bits per heavy atom. The Labute approximate surface area is 94.7 Å². The first-order valence-corrected chi connectivity index (χ1v) is 5.12. The van der Waals surface area contributed by atoms with E-state index in [0.29, 0.717) is 0 Å². The van der Waals surface area contributed by atoms with Crippen molar-refractivity contribution in [1.29, 1.82) is 0 Å². The molecule has 0 saturated carbocycles. The monoisotopic (exact) mass is 217 g/mol. The standard InChI is InChI=1S/C12H15N3O/c1-9-3-5-14-12(11(9)13)15(2)7-10-4-6-16-8-10/h3-6,8H,7,13H2,1-2H3. The normalized spacial score (nSPS) is 10.4. The van der Waals surface area contributed by atoms with Gasteiger partial charge in [-0.1, -0.05) is 0 Å². The van der Waals surface area contributed by atoms with Gasteiger partial charge in [-0.15, -0.1) is 0 Å². The molecule has 2 rings (SSSR count). The predicted molar refractivity (Wildman–Crippen MR) is 64.2 cm³/mol. The third-order valence-electron chi connectivity index (χ3n) is 2.55. The van der Waals surface area contributed by atoms with Crippen LogP contribution in [0.25, 0.3) is 0 Å². The summed E-state index contributed by atoms with van der Waals surface area (Å²) in [6.07, 6.45) is 5.16. The zero-order chi connectivity index (χ0) is 11.5. The minimum Gasteiger partial charge on any atom is -0.472 e. The first kappa shape index (κ1) is 10.5. The lowest BCUT2D eigenvalue weighted by atomic mass is 10.2. The predicted octanol–water partition coefficient (Wildman–Crippen LogP) is 2.20. The number of furan rings is 1. The van der Waals surface area contributed by atoms with E-state index in [-0.39, 0.29) is 0 Å². The summed E-state index contributed by atoms with van der Waals surface area (Å²) < 4.78 is 5.03. The molecule has 2 aromatic rings. The minimum atomic E-state index is 0.730. The van der Waals surface area contributed by atoms with Gasteiger partial charge < -0.3 is 15.1 Å². The highest BCUT2D eigenvalue weighted by molar-refractivity contribution is 5.66. The average Bonchev–Trinajstić information content (AvgIpc) is 2.74. The van der Waals surface area contributed by atoms with Gasteiger partial charge in [0.2, 0.25) is 0 Å². The third kappa shape index (κ3) is 2.00. The molecule has 2 aromatic heterocycles. The molecule has 0 amide bonds. The number of nitrogens with two attached hydrogens (primary N) is 1. The zero-order valence-corrected chi connectivity index (χ0v) is 9.47. The molecule has 0 aliphatic carbocycles. The van der Waals surface area contributed by atoms with E-state index >= 15 is 0 Å². The van der Waals surface area contributed by atoms with Crippen LogP contribution in [0.2, 0.25) is 0 Å². The van der Waals surface area contributed by atoms with Gasteiger partial charge in [0, 0.05) is 25.4 Å². The van der Waals surface area contributed by atoms with Crippen molar-refractivity contribution < 1.29 is 4.42 Å². The summed E-state index contributed by atoms with van der Waals surface area (Å²) in [5.74, 6) is 0.807. The molecule has 0 spiro atoms. The summed E-state index contributed by atoms with van der Waals surface area (Å²) in [5, 5.41) is 0. The molecule has 0 bridgehead atoms. The van der Waals surface area contributed by atoms with Gasteiger partial charge in [0.05, 0.1) is 18.2 Å². The second kappa shape index (κ2) is 4.26. The van der Waals surface area contributed by atoms with E-state index in [9.17, 15) is 0 Å². The van der Waals surface area contributed by atoms with Gasteiger partial charge in [-0.3, -0.25) is 0 Å². The van der Waals surface area contributed by atoms with Crippen LogP contribution in [0, 0.1) is 6.92 Å². The molecule has 0 fully saturated rings. The highest BCUT2D eigenvalue weighted by Gasteiger charge is 2.09. The summed E-state index contributed by atoms with van der Waals surface area (Å²) in [6.45, 7) is 2.71. The SMILES string of the molecule is Cc1ccnc(N(C)Cc2ccoc2)c1N. The summed E-state index contributed by atoms with van der Waals surface area (Å²) in [7, 11) is 1.96. The second-order valence-electron chi connectivity index (χ2n) is 3.85. The fraction of sp³-hybridized carbons (Fsp3) is 0.250. The van der Waals surface area contributed by atoms with Crippen molar-refractivity contribution in [2.45, 2.75) is 13.5 Å². The molecule has 0 aliphatic heterocycles. The Hall–Kier alpha value is -1.97. The minimum absolute atomic E-state index is 0.730. The third-order valence-corrected chi connectivity index (χ3v) is 2.55. The molecular weight excluding hydrogens is 202 g/mol. The van der Waals surface area contributed by atoms with Crippen molar-refractivity contribution in [3.8, 4) is 0 Å². The number of pyridine rings is 1. The van der Waals surface area contributed by atoms with E-state index in [4.69, 9.17) is 10.2 Å². The number of aryl methyl sites for hydroxylation is 1. The fourth-order valence-electron chi connectivity index (χ4n) is 1.59. The second-order valence-corrected chi connectivity index (χ2v) is 3.85. The molecular formula is C12H15N3O. The van der Waals surface area contributed by atoms with Gasteiger partial charge in [-0.05, 0) is 24.6 Å². The summed E-state index contributed by atoms with van der Waals surface area (Å²) in [6, 6.07) is 3.84. The maximum atomic E-state index is 5.98. The number of aromatic nitrogens is 1. The van der Waals surface area contributed by atoms with Gasteiger partial charge >= 0.3 is 0 Å². The number of rotatable bonds is 3. The Balaban J connectivity index is 2.21. The van der Waals surface area contributed by atoms with Crippen molar-refractivity contribution in [2.75, 3.05) is 17.7 Å². The van der Waals surface area contributed by atoms with Crippen LogP contribution < -0.4 is 10.6 Å². The van der Waals surface area contributed by atoms with Crippen LogP contribution in [0.1, 0.15) is 11.1 Å². The molecule has 0 radical (unpaired) electrons. The van der Waals surface area contributed by atoms with Crippen LogP contribution in [0.5, 0.6) is 0 Å². The van der Waals surface area contributed by atoms with Crippen LogP contribution in [0.3, 0.4) is 0 Å². The Kier molecular flexibility index (Phi) is 2.81. The highest BCUT2D eigenvalue weighted by Crippen LogP contribution is 2.23. The van der Waals surface area contributed by atoms with Crippen molar-refractivity contribution in [2.24, 2.45) is 0 Å². The number of hydrogen-bond acceptors (Lipinski definition) is 4. The zero-order valence-electron chi connectivity index (χ0n) is 9.47. The number of nitrogen functional groups attached to an aromatic ring is 1. The number of anilines is 2. The lowest BCUT2D eigenvalue weighted by Crippen LogP contribution is -2.19. The van der Waals surface area contributed by atoms with Crippen LogP contribution in [-0.2, 0) is 6.54 Å². The molecule has 0 aliphatic rings. The first-order valence-electron chi connectivity index (χ1n) is 5.12. The van der Waals surface area contributed by atoms with E-state index in [1.807, 2.05) is 31.0 Å². The molecule has 0 unspecified atom stereocenters. The maximum absolute atomic E-state index is 5.98. The quantitative estimate of drug-likeness (QED) is 0.856. The molecule has 0 aromatic carbocycles. The van der Waals surface area contributed by atoms with Crippen LogP contribution in [-0.4, -0.2) is 12.0 Å². The summed E-state index contributed by atoms with van der Waals surface area (Å²) in [5.41, 5.74) is 8.86. The van der Waals surface area contributed by atoms with Crippen molar-refractivity contribution >= 4 is 11.5 Å². The maximum Gasteiger partial charge on any atom is 0.152 e. The van der Waals surface area contributed by atoms with E-state index in [2.05, 4.69) is 4.98 Å². The molecule has 4 heteroatoms. The summed E-state index contributed by atoms with van der Waals surface area (Å²) >= 11 is 0. The Morgan fingerprint density at radius 3 is 2.94 bits per heavy atom. The molecule has 16 heavy (non-hydrogen) atoms. The summed E-state index contributed by atoms with van der Waals surface area (Å²) in [4.78, 5) is 6.30. The van der Waals surface area contributed by atoms with E-state index in [0.717, 1.165) is 29.2 Å². The van der Waals surface area contributed by atoms with Crippen molar-refractivity contribution in [3.63, 3.8) is 0 Å². The van der Waals surface area contributed by atoms with Gasteiger partial charge in [0.1, 0.15) is 0 Å². The fourth-order valence-corrected chi connectivity index (χ4v) is 1.59. The van der Waals surface area contributed by atoms with Gasteiger partial charge in [-0.25, -0.2) is 4.98 Å². The number of nitrogens with zero attached hydrogens (tertiary/aromatic N) is 2. The molecule has 84 valence electrons. The average molecular weight is 217 g/mol.